The number of benzene rings is 1. The summed E-state index contributed by atoms with van der Waals surface area (Å²) in [6.07, 6.45) is 4.53. The SMILES string of the molecule is COc1ccc(-c2cc(C(=O)Nc3cccnc3)ncn2)cc1Cl. The molecular formula is C17H13ClN4O2. The number of amides is 1. The van der Waals surface area contributed by atoms with Crippen LogP contribution in [0.4, 0.5) is 5.69 Å². The third kappa shape index (κ3) is 3.49. The van der Waals surface area contributed by atoms with E-state index in [2.05, 4.69) is 20.3 Å². The lowest BCUT2D eigenvalue weighted by Gasteiger charge is -2.07. The van der Waals surface area contributed by atoms with Gasteiger partial charge in [0.2, 0.25) is 0 Å². The van der Waals surface area contributed by atoms with Crippen LogP contribution in [0.15, 0.2) is 55.1 Å². The molecule has 0 bridgehead atoms. The Morgan fingerprint density at radius 1 is 1.21 bits per heavy atom. The van der Waals surface area contributed by atoms with E-state index in [0.29, 0.717) is 22.2 Å². The number of methoxy groups -OCH3 is 1. The summed E-state index contributed by atoms with van der Waals surface area (Å²) >= 11 is 6.13. The van der Waals surface area contributed by atoms with Crippen LogP contribution in [0.25, 0.3) is 11.3 Å². The van der Waals surface area contributed by atoms with Crippen LogP contribution in [0.3, 0.4) is 0 Å². The second-order valence-electron chi connectivity index (χ2n) is 4.83. The van der Waals surface area contributed by atoms with Crippen LogP contribution in [-0.4, -0.2) is 28.0 Å². The van der Waals surface area contributed by atoms with Gasteiger partial charge in [-0.1, -0.05) is 11.6 Å². The first-order valence-electron chi connectivity index (χ1n) is 7.04. The van der Waals surface area contributed by atoms with Crippen molar-refractivity contribution < 1.29 is 9.53 Å². The van der Waals surface area contributed by atoms with Crippen molar-refractivity contribution in [2.75, 3.05) is 12.4 Å². The average Bonchev–Trinajstić information content (AvgIpc) is 2.62. The second kappa shape index (κ2) is 7.06. The zero-order valence-electron chi connectivity index (χ0n) is 12.7. The first-order valence-corrected chi connectivity index (χ1v) is 7.42. The molecular weight excluding hydrogens is 328 g/mol. The van der Waals surface area contributed by atoms with Crippen molar-refractivity contribution in [3.8, 4) is 17.0 Å². The molecule has 1 aromatic carbocycles. The maximum atomic E-state index is 12.3. The minimum atomic E-state index is -0.341. The fourth-order valence-electron chi connectivity index (χ4n) is 2.10. The Morgan fingerprint density at radius 2 is 2.08 bits per heavy atom. The summed E-state index contributed by atoms with van der Waals surface area (Å²) in [6, 6.07) is 10.4. The van der Waals surface area contributed by atoms with E-state index in [-0.39, 0.29) is 11.6 Å². The highest BCUT2D eigenvalue weighted by Gasteiger charge is 2.11. The molecule has 7 heteroatoms. The van der Waals surface area contributed by atoms with Crippen LogP contribution in [0, 0.1) is 0 Å². The number of carbonyl (C=O) groups excluding carboxylic acids is 1. The van der Waals surface area contributed by atoms with Gasteiger partial charge in [-0.2, -0.15) is 0 Å². The quantitative estimate of drug-likeness (QED) is 0.787. The highest BCUT2D eigenvalue weighted by molar-refractivity contribution is 6.32. The molecule has 0 fully saturated rings. The number of rotatable bonds is 4. The van der Waals surface area contributed by atoms with Crippen molar-refractivity contribution in [3.05, 3.63) is 65.8 Å². The lowest BCUT2D eigenvalue weighted by Crippen LogP contribution is -2.14. The number of hydrogen-bond donors (Lipinski definition) is 1. The molecule has 3 aromatic rings. The normalized spacial score (nSPS) is 10.2. The van der Waals surface area contributed by atoms with Gasteiger partial charge >= 0.3 is 0 Å². The summed E-state index contributed by atoms with van der Waals surface area (Å²) in [5.74, 6) is 0.232. The van der Waals surface area contributed by atoms with E-state index in [1.54, 1.807) is 49.8 Å². The second-order valence-corrected chi connectivity index (χ2v) is 5.24. The predicted molar refractivity (Wildman–Crippen MR) is 91.2 cm³/mol. The Bertz CT molecular complexity index is 871. The number of aromatic nitrogens is 3. The van der Waals surface area contributed by atoms with Crippen LogP contribution in [-0.2, 0) is 0 Å². The Morgan fingerprint density at radius 3 is 2.79 bits per heavy atom. The van der Waals surface area contributed by atoms with Gasteiger partial charge in [0.1, 0.15) is 17.8 Å². The topological polar surface area (TPSA) is 77.0 Å². The molecule has 0 aliphatic heterocycles. The van der Waals surface area contributed by atoms with Crippen molar-refractivity contribution in [2.24, 2.45) is 0 Å². The molecule has 0 aliphatic rings. The molecule has 0 aliphatic carbocycles. The minimum Gasteiger partial charge on any atom is -0.495 e. The van der Waals surface area contributed by atoms with Gasteiger partial charge in [-0.15, -0.1) is 0 Å². The third-order valence-electron chi connectivity index (χ3n) is 3.27. The van der Waals surface area contributed by atoms with Crippen molar-refractivity contribution in [1.82, 2.24) is 15.0 Å². The highest BCUT2D eigenvalue weighted by Crippen LogP contribution is 2.29. The molecule has 0 spiro atoms. The molecule has 2 heterocycles. The van der Waals surface area contributed by atoms with Gasteiger partial charge in [-0.05, 0) is 36.4 Å². The highest BCUT2D eigenvalue weighted by atomic mass is 35.5. The molecule has 2 aromatic heterocycles. The molecule has 0 atom stereocenters. The van der Waals surface area contributed by atoms with E-state index >= 15 is 0 Å². The molecule has 1 amide bonds. The van der Waals surface area contributed by atoms with Crippen LogP contribution >= 0.6 is 11.6 Å². The van der Waals surface area contributed by atoms with E-state index in [1.807, 2.05) is 6.07 Å². The largest absolute Gasteiger partial charge is 0.495 e. The Hall–Kier alpha value is -2.99. The number of carbonyl (C=O) groups is 1. The first kappa shape index (κ1) is 15.9. The first-order chi connectivity index (χ1) is 11.7. The van der Waals surface area contributed by atoms with Gasteiger partial charge in [0.25, 0.3) is 5.91 Å². The number of ether oxygens (including phenoxy) is 1. The molecule has 1 N–H and O–H groups in total. The van der Waals surface area contributed by atoms with Crippen molar-refractivity contribution >= 4 is 23.2 Å². The molecule has 0 saturated carbocycles. The van der Waals surface area contributed by atoms with Crippen LogP contribution < -0.4 is 10.1 Å². The summed E-state index contributed by atoms with van der Waals surface area (Å²) in [6.45, 7) is 0. The van der Waals surface area contributed by atoms with Gasteiger partial charge in [0.05, 0.1) is 29.7 Å². The van der Waals surface area contributed by atoms with Crippen LogP contribution in [0.1, 0.15) is 10.5 Å². The van der Waals surface area contributed by atoms with Gasteiger partial charge < -0.3 is 10.1 Å². The fraction of sp³-hybridized carbons (Fsp3) is 0.0588. The molecule has 24 heavy (non-hydrogen) atoms. The van der Waals surface area contributed by atoms with Crippen molar-refractivity contribution in [3.63, 3.8) is 0 Å². The maximum Gasteiger partial charge on any atom is 0.274 e. The fourth-order valence-corrected chi connectivity index (χ4v) is 2.35. The van der Waals surface area contributed by atoms with Gasteiger partial charge in [-0.3, -0.25) is 9.78 Å². The van der Waals surface area contributed by atoms with Crippen molar-refractivity contribution in [2.45, 2.75) is 0 Å². The number of pyridine rings is 1. The molecule has 0 unspecified atom stereocenters. The van der Waals surface area contributed by atoms with E-state index in [1.165, 1.54) is 6.33 Å². The summed E-state index contributed by atoms with van der Waals surface area (Å²) < 4.78 is 5.13. The number of nitrogens with zero attached hydrogens (tertiary/aromatic N) is 3. The monoisotopic (exact) mass is 340 g/mol. The Kier molecular flexibility index (Phi) is 4.67. The molecule has 3 rings (SSSR count). The standard InChI is InChI=1S/C17H13ClN4O2/c1-24-16-5-4-11(7-13(16)18)14-8-15(21-10-20-14)17(23)22-12-3-2-6-19-9-12/h2-10H,1H3,(H,22,23). The Balaban J connectivity index is 1.86. The zero-order chi connectivity index (χ0) is 16.9. The van der Waals surface area contributed by atoms with Crippen LogP contribution in [0.2, 0.25) is 5.02 Å². The predicted octanol–water partition coefficient (Wildman–Crippen LogP) is 3.45. The lowest BCUT2D eigenvalue weighted by molar-refractivity contribution is 0.102. The third-order valence-corrected chi connectivity index (χ3v) is 3.56. The summed E-state index contributed by atoms with van der Waals surface area (Å²) in [7, 11) is 1.55. The number of halogens is 1. The summed E-state index contributed by atoms with van der Waals surface area (Å²) in [5, 5.41) is 3.20. The van der Waals surface area contributed by atoms with Crippen LogP contribution in [0.5, 0.6) is 5.75 Å². The number of anilines is 1. The molecule has 120 valence electrons. The smallest absolute Gasteiger partial charge is 0.274 e. The minimum absolute atomic E-state index is 0.246. The number of hydrogen-bond acceptors (Lipinski definition) is 5. The van der Waals surface area contributed by atoms with E-state index in [0.717, 1.165) is 5.56 Å². The van der Waals surface area contributed by atoms with E-state index < -0.39 is 0 Å². The van der Waals surface area contributed by atoms with Gasteiger partial charge in [-0.25, -0.2) is 9.97 Å². The summed E-state index contributed by atoms with van der Waals surface area (Å²) in [5.41, 5.74) is 2.19. The molecule has 0 saturated heterocycles. The molecule has 0 radical (unpaired) electrons. The van der Waals surface area contributed by atoms with Gasteiger partial charge in [0, 0.05) is 11.8 Å². The maximum absolute atomic E-state index is 12.3. The Labute approximate surface area is 143 Å². The van der Waals surface area contributed by atoms with Gasteiger partial charge in [0.15, 0.2) is 0 Å². The number of nitrogens with one attached hydrogen (secondary N) is 1. The lowest BCUT2D eigenvalue weighted by atomic mass is 10.1. The molecule has 6 nitrogen and oxygen atoms in total. The van der Waals surface area contributed by atoms with Crippen molar-refractivity contribution in [1.29, 1.82) is 0 Å². The van der Waals surface area contributed by atoms with E-state index in [4.69, 9.17) is 16.3 Å². The summed E-state index contributed by atoms with van der Waals surface area (Å²) in [4.78, 5) is 24.4. The average molecular weight is 341 g/mol. The van der Waals surface area contributed by atoms with E-state index in [9.17, 15) is 4.79 Å². The zero-order valence-corrected chi connectivity index (χ0v) is 13.5.